The molecule has 4 rings (SSSR count). The SMILES string of the molecule is Cn1cc(Cl)c2c(N3CC4(CC(N(CC(F)F)S(N)(=O)=O)C4)C3)ncnc21. The summed E-state index contributed by atoms with van der Waals surface area (Å²) < 4.78 is 51.2. The van der Waals surface area contributed by atoms with Crippen molar-refractivity contribution in [2.24, 2.45) is 17.6 Å². The third-order valence-electron chi connectivity index (χ3n) is 5.43. The first-order valence-corrected chi connectivity index (χ1v) is 10.3. The molecule has 0 unspecified atom stereocenters. The minimum absolute atomic E-state index is 0.103. The van der Waals surface area contributed by atoms with Crippen LogP contribution in [0.2, 0.25) is 5.02 Å². The number of nitrogens with zero attached hydrogens (tertiary/aromatic N) is 5. The summed E-state index contributed by atoms with van der Waals surface area (Å²) in [4.78, 5) is 10.7. The zero-order valence-electron chi connectivity index (χ0n) is 14.5. The number of hydrogen-bond acceptors (Lipinski definition) is 5. The van der Waals surface area contributed by atoms with Crippen LogP contribution in [0.5, 0.6) is 0 Å². The molecule has 0 radical (unpaired) electrons. The second kappa shape index (κ2) is 6.23. The summed E-state index contributed by atoms with van der Waals surface area (Å²) >= 11 is 6.30. The van der Waals surface area contributed by atoms with Crippen molar-refractivity contribution < 1.29 is 17.2 Å². The molecule has 27 heavy (non-hydrogen) atoms. The minimum Gasteiger partial charge on any atom is -0.355 e. The fraction of sp³-hybridized carbons (Fsp3) is 0.600. The van der Waals surface area contributed by atoms with Gasteiger partial charge in [0.25, 0.3) is 16.6 Å². The molecule has 148 valence electrons. The Morgan fingerprint density at radius 1 is 1.41 bits per heavy atom. The van der Waals surface area contributed by atoms with Gasteiger partial charge in [-0.15, -0.1) is 0 Å². The predicted molar refractivity (Wildman–Crippen MR) is 97.0 cm³/mol. The highest BCUT2D eigenvalue weighted by Crippen LogP contribution is 2.52. The van der Waals surface area contributed by atoms with E-state index in [0.717, 1.165) is 21.2 Å². The molecule has 0 aromatic carbocycles. The van der Waals surface area contributed by atoms with E-state index in [4.69, 9.17) is 16.7 Å². The summed E-state index contributed by atoms with van der Waals surface area (Å²) in [6.45, 7) is 0.456. The summed E-state index contributed by atoms with van der Waals surface area (Å²) in [5.74, 6) is 0.732. The van der Waals surface area contributed by atoms with E-state index >= 15 is 0 Å². The Balaban J connectivity index is 1.47. The Kier molecular flexibility index (Phi) is 4.33. The standard InChI is InChI=1S/C15H19ClF2N6O2S/c1-22-4-10(16)12-13(22)20-8-21-14(12)23-6-15(7-23)2-9(3-15)24(5-11(17)18)27(19,25)26/h4,8-9,11H,2-3,5-7H2,1H3,(H2,19,25,26). The van der Waals surface area contributed by atoms with Crippen molar-refractivity contribution in [3.8, 4) is 0 Å². The molecular formula is C15H19ClF2N6O2S. The molecule has 12 heteroatoms. The number of anilines is 1. The summed E-state index contributed by atoms with van der Waals surface area (Å²) in [6, 6.07) is -0.484. The van der Waals surface area contributed by atoms with Crippen LogP contribution in [0.25, 0.3) is 11.0 Å². The van der Waals surface area contributed by atoms with Gasteiger partial charge in [0.15, 0.2) is 0 Å². The van der Waals surface area contributed by atoms with Crippen LogP contribution < -0.4 is 10.0 Å². The lowest BCUT2D eigenvalue weighted by molar-refractivity contribution is -0.00435. The van der Waals surface area contributed by atoms with Crippen molar-refractivity contribution in [1.82, 2.24) is 18.8 Å². The number of halogens is 3. The van der Waals surface area contributed by atoms with Gasteiger partial charge in [-0.25, -0.2) is 23.9 Å². The molecule has 2 aromatic heterocycles. The monoisotopic (exact) mass is 420 g/mol. The Bertz CT molecular complexity index is 984. The summed E-state index contributed by atoms with van der Waals surface area (Å²) in [5.41, 5.74) is 0.628. The number of nitrogens with two attached hydrogens (primary N) is 1. The van der Waals surface area contributed by atoms with E-state index in [1.54, 1.807) is 6.20 Å². The summed E-state index contributed by atoms with van der Waals surface area (Å²) in [5, 5.41) is 6.44. The molecule has 1 aliphatic carbocycles. The molecule has 8 nitrogen and oxygen atoms in total. The number of fused-ring (bicyclic) bond motifs is 1. The highest BCUT2D eigenvalue weighted by Gasteiger charge is 2.56. The van der Waals surface area contributed by atoms with Crippen molar-refractivity contribution >= 4 is 38.7 Å². The van der Waals surface area contributed by atoms with Gasteiger partial charge in [0.05, 0.1) is 17.0 Å². The van der Waals surface area contributed by atoms with Crippen molar-refractivity contribution in [3.63, 3.8) is 0 Å². The Hall–Kier alpha value is -1.56. The molecule has 2 aromatic rings. The van der Waals surface area contributed by atoms with Gasteiger partial charge in [-0.3, -0.25) is 0 Å². The van der Waals surface area contributed by atoms with Gasteiger partial charge < -0.3 is 9.47 Å². The summed E-state index contributed by atoms with van der Waals surface area (Å²) in [6.07, 6.45) is 1.50. The first kappa shape index (κ1) is 18.8. The van der Waals surface area contributed by atoms with Crippen molar-refractivity contribution in [2.45, 2.75) is 25.3 Å². The van der Waals surface area contributed by atoms with Crippen LogP contribution >= 0.6 is 11.6 Å². The first-order valence-electron chi connectivity index (χ1n) is 8.38. The van der Waals surface area contributed by atoms with Gasteiger partial charge in [-0.1, -0.05) is 11.6 Å². The molecule has 1 saturated heterocycles. The van der Waals surface area contributed by atoms with E-state index in [1.165, 1.54) is 6.33 Å². The van der Waals surface area contributed by atoms with E-state index < -0.39 is 29.2 Å². The Morgan fingerprint density at radius 2 is 2.07 bits per heavy atom. The average Bonchev–Trinajstić information content (AvgIpc) is 2.77. The smallest absolute Gasteiger partial charge is 0.277 e. The molecule has 0 atom stereocenters. The van der Waals surface area contributed by atoms with Crippen LogP contribution in [-0.4, -0.2) is 59.4 Å². The summed E-state index contributed by atoms with van der Waals surface area (Å²) in [7, 11) is -2.30. The first-order chi connectivity index (χ1) is 12.6. The van der Waals surface area contributed by atoms with Gasteiger partial charge in [-0.05, 0) is 12.8 Å². The van der Waals surface area contributed by atoms with E-state index in [-0.39, 0.29) is 5.41 Å². The maximum Gasteiger partial charge on any atom is 0.277 e. The molecule has 0 bridgehead atoms. The van der Waals surface area contributed by atoms with Gasteiger partial charge in [0, 0.05) is 37.8 Å². The molecular weight excluding hydrogens is 402 g/mol. The third kappa shape index (κ3) is 3.16. The van der Waals surface area contributed by atoms with Gasteiger partial charge in [0.2, 0.25) is 0 Å². The van der Waals surface area contributed by atoms with Crippen LogP contribution in [-0.2, 0) is 17.3 Å². The Morgan fingerprint density at radius 3 is 2.67 bits per heavy atom. The van der Waals surface area contributed by atoms with Crippen LogP contribution in [0.3, 0.4) is 0 Å². The van der Waals surface area contributed by atoms with Crippen LogP contribution in [0.4, 0.5) is 14.6 Å². The molecule has 1 aliphatic heterocycles. The second-order valence-electron chi connectivity index (χ2n) is 7.41. The molecule has 2 N–H and O–H groups in total. The molecule has 2 fully saturated rings. The fourth-order valence-electron chi connectivity index (χ4n) is 4.30. The molecule has 2 aliphatic rings. The number of rotatable bonds is 5. The minimum atomic E-state index is -4.15. The lowest BCUT2D eigenvalue weighted by Gasteiger charge is -2.60. The van der Waals surface area contributed by atoms with Crippen molar-refractivity contribution in [3.05, 3.63) is 17.5 Å². The third-order valence-corrected chi connectivity index (χ3v) is 6.82. The van der Waals surface area contributed by atoms with E-state index in [2.05, 4.69) is 14.9 Å². The lowest BCUT2D eigenvalue weighted by Crippen LogP contribution is -2.68. The molecule has 1 saturated carbocycles. The maximum absolute atomic E-state index is 12.7. The van der Waals surface area contributed by atoms with Crippen LogP contribution in [0.1, 0.15) is 12.8 Å². The van der Waals surface area contributed by atoms with Gasteiger partial charge >= 0.3 is 0 Å². The second-order valence-corrected chi connectivity index (χ2v) is 9.31. The van der Waals surface area contributed by atoms with E-state index in [1.807, 2.05) is 11.6 Å². The quantitative estimate of drug-likeness (QED) is 0.787. The predicted octanol–water partition coefficient (Wildman–Crippen LogP) is 1.36. The number of aromatic nitrogens is 3. The van der Waals surface area contributed by atoms with Gasteiger partial charge in [0.1, 0.15) is 17.8 Å². The number of hydrogen-bond donors (Lipinski definition) is 1. The zero-order valence-corrected chi connectivity index (χ0v) is 16.1. The van der Waals surface area contributed by atoms with E-state index in [9.17, 15) is 17.2 Å². The lowest BCUT2D eigenvalue weighted by atomic mass is 9.60. The number of alkyl halides is 2. The average molecular weight is 421 g/mol. The normalized spacial score (nSPS) is 19.9. The molecule has 1 spiro atoms. The highest BCUT2D eigenvalue weighted by molar-refractivity contribution is 7.86. The van der Waals surface area contributed by atoms with Crippen LogP contribution in [0, 0.1) is 5.41 Å². The number of aryl methyl sites for hydroxylation is 1. The van der Waals surface area contributed by atoms with E-state index in [0.29, 0.717) is 31.0 Å². The fourth-order valence-corrected chi connectivity index (χ4v) is 5.50. The molecule has 3 heterocycles. The highest BCUT2D eigenvalue weighted by atomic mass is 35.5. The van der Waals surface area contributed by atoms with Crippen molar-refractivity contribution in [1.29, 1.82) is 0 Å². The van der Waals surface area contributed by atoms with Gasteiger partial charge in [-0.2, -0.15) is 12.7 Å². The Labute approximate surface area is 160 Å². The largest absolute Gasteiger partial charge is 0.355 e. The zero-order chi connectivity index (χ0) is 19.6. The molecule has 0 amide bonds. The maximum atomic E-state index is 12.7. The van der Waals surface area contributed by atoms with Crippen LogP contribution in [0.15, 0.2) is 12.5 Å². The van der Waals surface area contributed by atoms with Crippen molar-refractivity contribution in [2.75, 3.05) is 24.5 Å². The topological polar surface area (TPSA) is 97.3 Å².